The van der Waals surface area contributed by atoms with Crippen LogP contribution in [0.25, 0.3) is 22.0 Å². The lowest BCUT2D eigenvalue weighted by Gasteiger charge is -2.16. The number of pyridine rings is 2. The standard InChI is InChI=1S/C32H33N3O3/c1-3-4-14-33-32(37)28-13-12-23(19-34-28)24-17-26-25(15-21-8-6-5-7-9-21)27(30(36)16-22-10-11-22)20-35-29(26)18-31(24)38-2/h5-9,12-13,17-20,22H,3-4,10-11,14-16H2,1-2H3,(H,33,37). The Kier molecular flexibility index (Phi) is 7.78. The molecule has 4 aromatic rings. The Morgan fingerprint density at radius 2 is 1.84 bits per heavy atom. The summed E-state index contributed by atoms with van der Waals surface area (Å²) in [5, 5.41) is 3.83. The smallest absolute Gasteiger partial charge is 0.269 e. The normalized spacial score (nSPS) is 12.9. The number of hydrogen-bond donors (Lipinski definition) is 1. The van der Waals surface area contributed by atoms with Gasteiger partial charge in [-0.05, 0) is 54.9 Å². The van der Waals surface area contributed by atoms with E-state index in [9.17, 15) is 9.59 Å². The zero-order chi connectivity index (χ0) is 26.5. The van der Waals surface area contributed by atoms with Crippen molar-refractivity contribution in [1.82, 2.24) is 15.3 Å². The van der Waals surface area contributed by atoms with Gasteiger partial charge in [0.1, 0.15) is 11.4 Å². The Bertz CT molecular complexity index is 1440. The van der Waals surface area contributed by atoms with Crippen LogP contribution in [0.15, 0.2) is 67.0 Å². The number of unbranched alkanes of at least 4 members (excludes halogenated alkanes) is 1. The molecule has 2 aromatic carbocycles. The number of benzene rings is 2. The van der Waals surface area contributed by atoms with Crippen LogP contribution in [0, 0.1) is 5.92 Å². The van der Waals surface area contributed by atoms with E-state index in [1.54, 1.807) is 25.6 Å². The average Bonchev–Trinajstić information content (AvgIpc) is 3.77. The van der Waals surface area contributed by atoms with Crippen molar-refractivity contribution in [3.05, 3.63) is 89.4 Å². The van der Waals surface area contributed by atoms with Crippen molar-refractivity contribution >= 4 is 22.6 Å². The highest BCUT2D eigenvalue weighted by molar-refractivity contribution is 6.03. The molecular weight excluding hydrogens is 474 g/mol. The maximum absolute atomic E-state index is 13.3. The summed E-state index contributed by atoms with van der Waals surface area (Å²) < 4.78 is 5.73. The van der Waals surface area contributed by atoms with Crippen LogP contribution in [0.1, 0.15) is 71.0 Å². The lowest BCUT2D eigenvalue weighted by atomic mass is 9.91. The van der Waals surface area contributed by atoms with Crippen LogP contribution in [0.4, 0.5) is 0 Å². The second-order valence-corrected chi connectivity index (χ2v) is 9.99. The van der Waals surface area contributed by atoms with E-state index in [-0.39, 0.29) is 11.7 Å². The Morgan fingerprint density at radius 1 is 1.03 bits per heavy atom. The first-order valence-corrected chi connectivity index (χ1v) is 13.4. The fourth-order valence-corrected chi connectivity index (χ4v) is 4.75. The molecule has 1 amide bonds. The minimum absolute atomic E-state index is 0.158. The third-order valence-corrected chi connectivity index (χ3v) is 7.12. The van der Waals surface area contributed by atoms with Crippen molar-refractivity contribution in [3.8, 4) is 16.9 Å². The van der Waals surface area contributed by atoms with Crippen LogP contribution in [-0.4, -0.2) is 35.3 Å². The molecule has 0 spiro atoms. The number of amides is 1. The van der Waals surface area contributed by atoms with Gasteiger partial charge in [0.15, 0.2) is 5.78 Å². The molecule has 38 heavy (non-hydrogen) atoms. The van der Waals surface area contributed by atoms with E-state index >= 15 is 0 Å². The summed E-state index contributed by atoms with van der Waals surface area (Å²) in [7, 11) is 1.63. The van der Waals surface area contributed by atoms with Gasteiger partial charge in [0.05, 0.1) is 12.6 Å². The van der Waals surface area contributed by atoms with Gasteiger partial charge in [-0.25, -0.2) is 0 Å². The molecule has 0 unspecified atom stereocenters. The van der Waals surface area contributed by atoms with Gasteiger partial charge in [-0.1, -0.05) is 49.7 Å². The number of fused-ring (bicyclic) bond motifs is 1. The van der Waals surface area contributed by atoms with Crippen LogP contribution in [0.3, 0.4) is 0 Å². The van der Waals surface area contributed by atoms with E-state index in [4.69, 9.17) is 4.74 Å². The highest BCUT2D eigenvalue weighted by atomic mass is 16.5. The highest BCUT2D eigenvalue weighted by Gasteiger charge is 2.27. The number of aromatic nitrogens is 2. The van der Waals surface area contributed by atoms with Gasteiger partial charge in [-0.15, -0.1) is 0 Å². The molecule has 1 N–H and O–H groups in total. The summed E-state index contributed by atoms with van der Waals surface area (Å²) >= 11 is 0. The topological polar surface area (TPSA) is 81.2 Å². The molecule has 6 nitrogen and oxygen atoms in total. The molecule has 1 aliphatic carbocycles. The number of hydrogen-bond acceptors (Lipinski definition) is 5. The first kappa shape index (κ1) is 25.6. The molecule has 0 saturated heterocycles. The SMILES string of the molecule is CCCCNC(=O)c1ccc(-c2cc3c(Cc4ccccc4)c(C(=O)CC4CC4)cnc3cc2OC)cn1. The number of Topliss-reactive ketones (excluding diaryl/α,β-unsaturated/α-hetero) is 1. The Morgan fingerprint density at radius 3 is 2.53 bits per heavy atom. The van der Waals surface area contributed by atoms with E-state index in [1.807, 2.05) is 36.4 Å². The molecule has 0 bridgehead atoms. The molecule has 0 atom stereocenters. The van der Waals surface area contributed by atoms with Gasteiger partial charge in [0.2, 0.25) is 0 Å². The largest absolute Gasteiger partial charge is 0.496 e. The predicted molar refractivity (Wildman–Crippen MR) is 150 cm³/mol. The average molecular weight is 508 g/mol. The third kappa shape index (κ3) is 5.75. The number of nitrogens with one attached hydrogen (secondary N) is 1. The van der Waals surface area contributed by atoms with Crippen LogP contribution >= 0.6 is 0 Å². The fourth-order valence-electron chi connectivity index (χ4n) is 4.75. The summed E-state index contributed by atoms with van der Waals surface area (Å²) in [6.45, 7) is 2.72. The van der Waals surface area contributed by atoms with Gasteiger partial charge in [0, 0.05) is 53.5 Å². The van der Waals surface area contributed by atoms with E-state index in [2.05, 4.69) is 34.3 Å². The summed E-state index contributed by atoms with van der Waals surface area (Å²) in [6.07, 6.45) is 8.84. The van der Waals surface area contributed by atoms with Crippen molar-refractivity contribution in [3.63, 3.8) is 0 Å². The minimum Gasteiger partial charge on any atom is -0.496 e. The van der Waals surface area contributed by atoms with Crippen molar-refractivity contribution < 1.29 is 14.3 Å². The summed E-state index contributed by atoms with van der Waals surface area (Å²) in [4.78, 5) is 34.8. The molecule has 1 saturated carbocycles. The zero-order valence-corrected chi connectivity index (χ0v) is 22.0. The molecule has 2 aromatic heterocycles. The van der Waals surface area contributed by atoms with Crippen LogP contribution < -0.4 is 10.1 Å². The van der Waals surface area contributed by atoms with Gasteiger partial charge in [0.25, 0.3) is 5.91 Å². The van der Waals surface area contributed by atoms with E-state index in [0.29, 0.717) is 42.3 Å². The Balaban J connectivity index is 1.57. The maximum atomic E-state index is 13.3. The van der Waals surface area contributed by atoms with Gasteiger partial charge in [-0.2, -0.15) is 0 Å². The second-order valence-electron chi connectivity index (χ2n) is 9.99. The summed E-state index contributed by atoms with van der Waals surface area (Å²) in [5.74, 6) is 1.14. The van der Waals surface area contributed by atoms with Gasteiger partial charge >= 0.3 is 0 Å². The lowest BCUT2D eigenvalue weighted by molar-refractivity contribution is 0.0946. The molecule has 194 valence electrons. The molecule has 1 fully saturated rings. The molecule has 0 aliphatic heterocycles. The van der Waals surface area contributed by atoms with E-state index in [0.717, 1.165) is 58.8 Å². The molecular formula is C32H33N3O3. The zero-order valence-electron chi connectivity index (χ0n) is 22.0. The van der Waals surface area contributed by atoms with Crippen LogP contribution in [-0.2, 0) is 6.42 Å². The number of carbonyl (C=O) groups is 2. The molecule has 6 heteroatoms. The molecule has 1 aliphatic rings. The van der Waals surface area contributed by atoms with Crippen LogP contribution in [0.5, 0.6) is 5.75 Å². The molecule has 0 radical (unpaired) electrons. The van der Waals surface area contributed by atoms with Gasteiger partial charge < -0.3 is 10.1 Å². The van der Waals surface area contributed by atoms with E-state index in [1.165, 1.54) is 0 Å². The summed E-state index contributed by atoms with van der Waals surface area (Å²) in [5.41, 5.74) is 5.64. The maximum Gasteiger partial charge on any atom is 0.269 e. The Labute approximate surface area is 223 Å². The second kappa shape index (κ2) is 11.5. The predicted octanol–water partition coefficient (Wildman–Crippen LogP) is 6.41. The van der Waals surface area contributed by atoms with Crippen molar-refractivity contribution in [2.75, 3.05) is 13.7 Å². The van der Waals surface area contributed by atoms with Gasteiger partial charge in [-0.3, -0.25) is 19.6 Å². The highest BCUT2D eigenvalue weighted by Crippen LogP contribution is 2.38. The number of ketones is 1. The van der Waals surface area contributed by atoms with Crippen molar-refractivity contribution in [2.24, 2.45) is 5.92 Å². The molecule has 5 rings (SSSR count). The summed E-state index contributed by atoms with van der Waals surface area (Å²) in [6, 6.07) is 17.8. The minimum atomic E-state index is -0.177. The fraction of sp³-hybridized carbons (Fsp3) is 0.312. The first-order chi connectivity index (χ1) is 18.6. The number of nitrogens with zero attached hydrogens (tertiary/aromatic N) is 2. The van der Waals surface area contributed by atoms with Crippen molar-refractivity contribution in [2.45, 2.75) is 45.4 Å². The third-order valence-electron chi connectivity index (χ3n) is 7.12. The number of rotatable bonds is 11. The van der Waals surface area contributed by atoms with Crippen molar-refractivity contribution in [1.29, 1.82) is 0 Å². The number of ether oxygens (including phenoxy) is 1. The first-order valence-electron chi connectivity index (χ1n) is 13.4. The number of carbonyl (C=O) groups excluding carboxylic acids is 2. The quantitative estimate of drug-likeness (QED) is 0.187. The monoisotopic (exact) mass is 507 g/mol. The Hall–Kier alpha value is -4.06. The van der Waals surface area contributed by atoms with Crippen LogP contribution in [0.2, 0.25) is 0 Å². The number of methoxy groups -OCH3 is 1. The van der Waals surface area contributed by atoms with E-state index < -0.39 is 0 Å². The molecule has 2 heterocycles. The lowest BCUT2D eigenvalue weighted by Crippen LogP contribution is -2.25.